The van der Waals surface area contributed by atoms with E-state index in [1.807, 2.05) is 17.9 Å². The van der Waals surface area contributed by atoms with E-state index in [0.29, 0.717) is 6.04 Å². The van der Waals surface area contributed by atoms with Gasteiger partial charge in [0, 0.05) is 19.3 Å². The minimum atomic E-state index is 0.664. The lowest BCUT2D eigenvalue weighted by Crippen LogP contribution is -2.48. The molecular formula is C17H23N3. The van der Waals surface area contributed by atoms with Gasteiger partial charge in [0.15, 0.2) is 0 Å². The fourth-order valence-corrected chi connectivity index (χ4v) is 3.20. The van der Waals surface area contributed by atoms with Crippen LogP contribution in [-0.2, 0) is 13.5 Å². The van der Waals surface area contributed by atoms with E-state index in [9.17, 15) is 0 Å². The van der Waals surface area contributed by atoms with Crippen LogP contribution in [0.1, 0.15) is 30.4 Å². The summed E-state index contributed by atoms with van der Waals surface area (Å²) in [5, 5.41) is 7.89. The molecule has 0 spiro atoms. The van der Waals surface area contributed by atoms with Gasteiger partial charge in [-0.1, -0.05) is 37.3 Å². The second kappa shape index (κ2) is 5.80. The zero-order chi connectivity index (χ0) is 13.9. The number of nitrogens with one attached hydrogen (secondary N) is 1. The van der Waals surface area contributed by atoms with Crippen molar-refractivity contribution in [3.05, 3.63) is 53.9 Å². The molecule has 0 radical (unpaired) electrons. The van der Waals surface area contributed by atoms with E-state index < -0.39 is 0 Å². The third-order valence-corrected chi connectivity index (χ3v) is 4.58. The summed E-state index contributed by atoms with van der Waals surface area (Å²) in [7, 11) is 1.97. The largest absolute Gasteiger partial charge is 0.313 e. The van der Waals surface area contributed by atoms with E-state index in [4.69, 9.17) is 0 Å². The van der Waals surface area contributed by atoms with E-state index in [0.717, 1.165) is 24.8 Å². The zero-order valence-corrected chi connectivity index (χ0v) is 12.3. The first kappa shape index (κ1) is 13.4. The van der Waals surface area contributed by atoms with Gasteiger partial charge in [0.25, 0.3) is 0 Å². The molecule has 3 nitrogen and oxygen atoms in total. The van der Waals surface area contributed by atoms with Gasteiger partial charge < -0.3 is 5.32 Å². The van der Waals surface area contributed by atoms with E-state index in [-0.39, 0.29) is 0 Å². The molecule has 0 aliphatic heterocycles. The summed E-state index contributed by atoms with van der Waals surface area (Å²) in [5.41, 5.74) is 2.80. The number of hydrogen-bond acceptors (Lipinski definition) is 2. The minimum Gasteiger partial charge on any atom is -0.313 e. The second-order valence-corrected chi connectivity index (χ2v) is 5.94. The molecule has 1 aliphatic rings. The van der Waals surface area contributed by atoms with Crippen molar-refractivity contribution in [3.63, 3.8) is 0 Å². The number of aryl methyl sites for hydroxylation is 1. The van der Waals surface area contributed by atoms with Gasteiger partial charge in [-0.05, 0) is 42.3 Å². The smallest absolute Gasteiger partial charge is 0.0522 e. The van der Waals surface area contributed by atoms with Crippen LogP contribution in [0.25, 0.3) is 0 Å². The van der Waals surface area contributed by atoms with Gasteiger partial charge in [-0.25, -0.2) is 0 Å². The Bertz CT molecular complexity index is 546. The van der Waals surface area contributed by atoms with Gasteiger partial charge in [-0.3, -0.25) is 4.68 Å². The molecule has 1 aliphatic carbocycles. The summed E-state index contributed by atoms with van der Waals surface area (Å²) in [6.45, 7) is 3.41. The van der Waals surface area contributed by atoms with Crippen LogP contribution in [0.15, 0.2) is 42.7 Å². The Labute approximate surface area is 121 Å². The zero-order valence-electron chi connectivity index (χ0n) is 12.3. The molecule has 3 heteroatoms. The van der Waals surface area contributed by atoms with Crippen LogP contribution in [0.4, 0.5) is 0 Å². The highest BCUT2D eigenvalue weighted by Gasteiger charge is 2.37. The average molecular weight is 269 g/mol. The molecule has 20 heavy (non-hydrogen) atoms. The minimum absolute atomic E-state index is 0.664. The molecule has 1 fully saturated rings. The molecule has 3 atom stereocenters. The van der Waals surface area contributed by atoms with Crippen molar-refractivity contribution >= 4 is 0 Å². The Morgan fingerprint density at radius 2 is 2.10 bits per heavy atom. The summed E-state index contributed by atoms with van der Waals surface area (Å²) >= 11 is 0. The lowest BCUT2D eigenvalue weighted by molar-refractivity contribution is 0.185. The number of aromatic nitrogens is 2. The van der Waals surface area contributed by atoms with Gasteiger partial charge in [0.1, 0.15) is 0 Å². The predicted molar refractivity (Wildman–Crippen MR) is 81.7 cm³/mol. The second-order valence-electron chi connectivity index (χ2n) is 5.94. The summed E-state index contributed by atoms with van der Waals surface area (Å²) in [6.07, 6.45) is 6.38. The third kappa shape index (κ3) is 2.78. The first-order valence-corrected chi connectivity index (χ1v) is 7.50. The van der Waals surface area contributed by atoms with Crippen molar-refractivity contribution in [2.75, 3.05) is 6.54 Å². The van der Waals surface area contributed by atoms with Crippen molar-refractivity contribution in [1.82, 2.24) is 15.1 Å². The molecule has 2 aromatic rings. The molecule has 106 valence electrons. The fourth-order valence-electron chi connectivity index (χ4n) is 3.20. The van der Waals surface area contributed by atoms with Gasteiger partial charge >= 0.3 is 0 Å². The highest BCUT2D eigenvalue weighted by Crippen LogP contribution is 2.42. The Morgan fingerprint density at radius 3 is 2.75 bits per heavy atom. The lowest BCUT2D eigenvalue weighted by atomic mass is 9.67. The first-order valence-electron chi connectivity index (χ1n) is 7.50. The highest BCUT2D eigenvalue weighted by molar-refractivity contribution is 5.24. The molecule has 1 aromatic heterocycles. The maximum atomic E-state index is 4.20. The molecule has 1 saturated carbocycles. The van der Waals surface area contributed by atoms with Crippen molar-refractivity contribution in [2.24, 2.45) is 13.0 Å². The SMILES string of the molecule is C[C@H]1[C@@H](c2ccccc2)C[C@H]1NCCc1cnn(C)c1. The van der Waals surface area contributed by atoms with Crippen molar-refractivity contribution < 1.29 is 0 Å². The average Bonchev–Trinajstić information content (AvgIpc) is 2.88. The van der Waals surface area contributed by atoms with Gasteiger partial charge in [0.2, 0.25) is 0 Å². The number of hydrogen-bond donors (Lipinski definition) is 1. The third-order valence-electron chi connectivity index (χ3n) is 4.58. The monoisotopic (exact) mass is 269 g/mol. The maximum Gasteiger partial charge on any atom is 0.0522 e. The van der Waals surface area contributed by atoms with Crippen LogP contribution in [-0.4, -0.2) is 22.4 Å². The van der Waals surface area contributed by atoms with Gasteiger partial charge in [-0.15, -0.1) is 0 Å². The summed E-state index contributed by atoms with van der Waals surface area (Å²) < 4.78 is 1.87. The number of benzene rings is 1. The van der Waals surface area contributed by atoms with Crippen LogP contribution in [0.2, 0.25) is 0 Å². The van der Waals surface area contributed by atoms with Crippen molar-refractivity contribution in [2.45, 2.75) is 31.7 Å². The van der Waals surface area contributed by atoms with E-state index in [2.05, 4.69) is 53.9 Å². The van der Waals surface area contributed by atoms with Crippen LogP contribution in [0.5, 0.6) is 0 Å². The normalized spacial score (nSPS) is 25.4. The quantitative estimate of drug-likeness (QED) is 0.904. The fraction of sp³-hybridized carbons (Fsp3) is 0.471. The first-order chi connectivity index (χ1) is 9.74. The van der Waals surface area contributed by atoms with E-state index in [1.54, 1.807) is 0 Å². The van der Waals surface area contributed by atoms with Crippen LogP contribution in [0.3, 0.4) is 0 Å². The molecule has 0 bridgehead atoms. The van der Waals surface area contributed by atoms with Gasteiger partial charge in [-0.2, -0.15) is 5.10 Å². The maximum absolute atomic E-state index is 4.20. The summed E-state index contributed by atoms with van der Waals surface area (Å²) in [6, 6.07) is 11.6. The summed E-state index contributed by atoms with van der Waals surface area (Å²) in [4.78, 5) is 0. The van der Waals surface area contributed by atoms with Crippen LogP contribution >= 0.6 is 0 Å². The number of nitrogens with zero attached hydrogens (tertiary/aromatic N) is 2. The standard InChI is InChI=1S/C17H23N3/c1-13-16(15-6-4-3-5-7-15)10-17(13)18-9-8-14-11-19-20(2)12-14/h3-7,11-13,16-18H,8-10H2,1-2H3/t13-,16-,17+/m0/s1. The van der Waals surface area contributed by atoms with E-state index in [1.165, 1.54) is 17.5 Å². The van der Waals surface area contributed by atoms with Gasteiger partial charge in [0.05, 0.1) is 6.20 Å². The topological polar surface area (TPSA) is 29.9 Å². The molecule has 0 unspecified atom stereocenters. The summed E-state index contributed by atoms with van der Waals surface area (Å²) in [5.74, 6) is 1.46. The molecule has 0 saturated heterocycles. The van der Waals surface area contributed by atoms with Crippen LogP contribution in [0, 0.1) is 5.92 Å². The van der Waals surface area contributed by atoms with Crippen LogP contribution < -0.4 is 5.32 Å². The lowest BCUT2D eigenvalue weighted by Gasteiger charge is -2.44. The van der Waals surface area contributed by atoms with E-state index >= 15 is 0 Å². The Balaban J connectivity index is 1.45. The Morgan fingerprint density at radius 1 is 1.30 bits per heavy atom. The molecule has 0 amide bonds. The molecule has 1 aromatic carbocycles. The van der Waals surface area contributed by atoms with Crippen molar-refractivity contribution in [1.29, 1.82) is 0 Å². The molecular weight excluding hydrogens is 246 g/mol. The van der Waals surface area contributed by atoms with Crippen molar-refractivity contribution in [3.8, 4) is 0 Å². The Kier molecular flexibility index (Phi) is 3.88. The molecule has 1 heterocycles. The molecule has 3 rings (SSSR count). The highest BCUT2D eigenvalue weighted by atomic mass is 15.2. The number of rotatable bonds is 5. The molecule has 1 N–H and O–H groups in total. The Hall–Kier alpha value is -1.61. The predicted octanol–water partition coefficient (Wildman–Crippen LogP) is 2.74.